The Morgan fingerprint density at radius 3 is 2.79 bits per heavy atom. The fourth-order valence-electron chi connectivity index (χ4n) is 0.957. The summed E-state index contributed by atoms with van der Waals surface area (Å²) in [6, 6.07) is 3.54. The van der Waals surface area contributed by atoms with Gasteiger partial charge in [-0.1, -0.05) is 0 Å². The molecule has 0 heterocycles. The van der Waals surface area contributed by atoms with Gasteiger partial charge in [0.15, 0.2) is 0 Å². The van der Waals surface area contributed by atoms with Crippen LogP contribution in [0.1, 0.15) is 5.56 Å². The number of non-ortho nitro benzene ring substituents is 1. The van der Waals surface area contributed by atoms with Crippen LogP contribution in [0, 0.1) is 10.1 Å². The van der Waals surface area contributed by atoms with Crippen LogP contribution in [0.2, 0.25) is 0 Å². The van der Waals surface area contributed by atoms with Crippen molar-refractivity contribution in [3.8, 4) is 0 Å². The van der Waals surface area contributed by atoms with E-state index in [1.807, 2.05) is 0 Å². The molecule has 0 spiro atoms. The van der Waals surface area contributed by atoms with Crippen molar-refractivity contribution in [2.75, 3.05) is 12.8 Å². The molecule has 0 bridgehead atoms. The predicted octanol–water partition coefficient (Wildman–Crippen LogP) is 1.52. The largest absolute Gasteiger partial charge is 0.398 e. The molecule has 0 amide bonds. The summed E-state index contributed by atoms with van der Waals surface area (Å²) in [5.41, 5.74) is 5.28. The molecule has 1 aromatic carbocycles. The van der Waals surface area contributed by atoms with Crippen LogP contribution in [0.15, 0.2) is 23.2 Å². The van der Waals surface area contributed by atoms with Gasteiger partial charge in [-0.3, -0.25) is 15.1 Å². The Balaban J connectivity index is 3.28. The third-order valence-electron chi connectivity index (χ3n) is 1.67. The predicted molar refractivity (Wildman–Crippen MR) is 51.1 cm³/mol. The zero-order valence-electron chi connectivity index (χ0n) is 7.40. The standard InChI is InChI=1S/C8H8FN3O2/c1-11-8(9)6-4-5(12(13)14)2-3-7(6)10/h2-4H,10H2,1H3. The number of anilines is 1. The van der Waals surface area contributed by atoms with Crippen LogP contribution in [-0.2, 0) is 0 Å². The molecular formula is C8H8FN3O2. The highest BCUT2D eigenvalue weighted by atomic mass is 19.1. The van der Waals surface area contributed by atoms with Gasteiger partial charge in [-0.2, -0.15) is 4.39 Å². The van der Waals surface area contributed by atoms with Crippen molar-refractivity contribution in [2.45, 2.75) is 0 Å². The molecule has 0 radical (unpaired) electrons. The topological polar surface area (TPSA) is 81.5 Å². The molecule has 0 fully saturated rings. The Kier molecular flexibility index (Phi) is 2.76. The van der Waals surface area contributed by atoms with E-state index in [0.717, 1.165) is 6.07 Å². The number of aliphatic imine (C=N–C) groups is 1. The zero-order valence-corrected chi connectivity index (χ0v) is 7.40. The first-order valence-corrected chi connectivity index (χ1v) is 3.73. The molecule has 5 nitrogen and oxygen atoms in total. The van der Waals surface area contributed by atoms with Crippen LogP contribution in [0.4, 0.5) is 15.8 Å². The maximum absolute atomic E-state index is 13.0. The van der Waals surface area contributed by atoms with Gasteiger partial charge < -0.3 is 5.73 Å². The summed E-state index contributed by atoms with van der Waals surface area (Å²) in [5, 5.41) is 10.4. The van der Waals surface area contributed by atoms with E-state index in [1.54, 1.807) is 0 Å². The van der Waals surface area contributed by atoms with Gasteiger partial charge in [0.1, 0.15) is 0 Å². The molecule has 0 saturated carbocycles. The highest BCUT2D eigenvalue weighted by molar-refractivity contribution is 5.98. The summed E-state index contributed by atoms with van der Waals surface area (Å²) in [7, 11) is 1.24. The van der Waals surface area contributed by atoms with E-state index in [4.69, 9.17) is 5.73 Å². The molecule has 0 aliphatic rings. The third-order valence-corrected chi connectivity index (χ3v) is 1.67. The van der Waals surface area contributed by atoms with Gasteiger partial charge in [-0.05, 0) is 6.07 Å². The number of hydrogen-bond acceptors (Lipinski definition) is 4. The van der Waals surface area contributed by atoms with Gasteiger partial charge in [0.2, 0.25) is 5.97 Å². The van der Waals surface area contributed by atoms with Gasteiger partial charge in [-0.15, -0.1) is 0 Å². The molecule has 0 aromatic heterocycles. The molecule has 0 aliphatic carbocycles. The van der Waals surface area contributed by atoms with Gasteiger partial charge in [0.25, 0.3) is 5.69 Å². The molecule has 1 rings (SSSR count). The van der Waals surface area contributed by atoms with Crippen molar-refractivity contribution in [3.63, 3.8) is 0 Å². The fourth-order valence-corrected chi connectivity index (χ4v) is 0.957. The van der Waals surface area contributed by atoms with Crippen LogP contribution >= 0.6 is 0 Å². The summed E-state index contributed by atoms with van der Waals surface area (Å²) in [5.74, 6) is -0.814. The normalized spacial score (nSPS) is 11.4. The van der Waals surface area contributed by atoms with E-state index >= 15 is 0 Å². The summed E-state index contributed by atoms with van der Waals surface area (Å²) >= 11 is 0. The van der Waals surface area contributed by atoms with Crippen LogP contribution in [0.5, 0.6) is 0 Å². The highest BCUT2D eigenvalue weighted by Crippen LogP contribution is 2.20. The Labute approximate surface area is 79.2 Å². The highest BCUT2D eigenvalue weighted by Gasteiger charge is 2.12. The lowest BCUT2D eigenvalue weighted by Crippen LogP contribution is -2.01. The number of nitro groups is 1. The Morgan fingerprint density at radius 1 is 1.64 bits per heavy atom. The SMILES string of the molecule is CN=C(F)c1cc([N+](=O)[O-])ccc1N. The van der Waals surface area contributed by atoms with Crippen LogP contribution in [0.25, 0.3) is 0 Å². The molecule has 2 N–H and O–H groups in total. The fraction of sp³-hybridized carbons (Fsp3) is 0.125. The number of nitro benzene ring substituents is 1. The van der Waals surface area contributed by atoms with Crippen molar-refractivity contribution in [1.29, 1.82) is 0 Å². The minimum absolute atomic E-state index is 0.0540. The molecule has 1 aromatic rings. The van der Waals surface area contributed by atoms with Crippen molar-refractivity contribution < 1.29 is 9.31 Å². The number of halogens is 1. The zero-order chi connectivity index (χ0) is 10.7. The lowest BCUT2D eigenvalue weighted by atomic mass is 10.1. The van der Waals surface area contributed by atoms with Crippen LogP contribution in [-0.4, -0.2) is 17.9 Å². The van der Waals surface area contributed by atoms with E-state index in [9.17, 15) is 14.5 Å². The molecule has 0 saturated heterocycles. The minimum atomic E-state index is -0.814. The molecular weight excluding hydrogens is 189 g/mol. The number of nitrogens with two attached hydrogens (primary N) is 1. The van der Waals surface area contributed by atoms with E-state index < -0.39 is 10.9 Å². The van der Waals surface area contributed by atoms with Crippen LogP contribution < -0.4 is 5.73 Å². The first-order chi connectivity index (χ1) is 6.56. The summed E-state index contributed by atoms with van der Waals surface area (Å²) < 4.78 is 13.0. The number of nitrogen functional groups attached to an aromatic ring is 1. The second kappa shape index (κ2) is 3.82. The molecule has 74 valence electrons. The van der Waals surface area contributed by atoms with E-state index in [0.29, 0.717) is 0 Å². The Bertz CT molecular complexity index is 404. The number of rotatable bonds is 2. The maximum Gasteiger partial charge on any atom is 0.270 e. The smallest absolute Gasteiger partial charge is 0.270 e. The summed E-state index contributed by atoms with van der Waals surface area (Å²) in [6.45, 7) is 0. The maximum atomic E-state index is 13.0. The average Bonchev–Trinajstić information content (AvgIpc) is 2.17. The van der Waals surface area contributed by atoms with Crippen molar-refractivity contribution in [2.24, 2.45) is 4.99 Å². The second-order valence-corrected chi connectivity index (χ2v) is 2.54. The quantitative estimate of drug-likeness (QED) is 0.337. The van der Waals surface area contributed by atoms with Crippen LogP contribution in [0.3, 0.4) is 0 Å². The number of nitrogens with zero attached hydrogens (tertiary/aromatic N) is 2. The van der Waals surface area contributed by atoms with E-state index in [2.05, 4.69) is 4.99 Å². The third kappa shape index (κ3) is 1.85. The number of benzene rings is 1. The van der Waals surface area contributed by atoms with E-state index in [1.165, 1.54) is 19.2 Å². The van der Waals surface area contributed by atoms with Gasteiger partial charge >= 0.3 is 0 Å². The molecule has 0 aliphatic heterocycles. The minimum Gasteiger partial charge on any atom is -0.398 e. The van der Waals surface area contributed by atoms with Crippen molar-refractivity contribution in [3.05, 3.63) is 33.9 Å². The van der Waals surface area contributed by atoms with Crippen molar-refractivity contribution in [1.82, 2.24) is 0 Å². The number of hydrogen-bond donors (Lipinski definition) is 1. The Morgan fingerprint density at radius 2 is 2.29 bits per heavy atom. The molecule has 0 unspecified atom stereocenters. The lowest BCUT2D eigenvalue weighted by Gasteiger charge is -2.00. The van der Waals surface area contributed by atoms with Gasteiger partial charge in [-0.25, -0.2) is 0 Å². The lowest BCUT2D eigenvalue weighted by molar-refractivity contribution is -0.384. The summed E-state index contributed by atoms with van der Waals surface area (Å²) in [6.07, 6.45) is 0. The average molecular weight is 197 g/mol. The first kappa shape index (κ1) is 10.1. The second-order valence-electron chi connectivity index (χ2n) is 2.54. The van der Waals surface area contributed by atoms with E-state index in [-0.39, 0.29) is 16.9 Å². The summed E-state index contributed by atoms with van der Waals surface area (Å²) in [4.78, 5) is 13.0. The Hall–Kier alpha value is -1.98. The van der Waals surface area contributed by atoms with Gasteiger partial charge in [0, 0.05) is 24.9 Å². The monoisotopic (exact) mass is 197 g/mol. The van der Waals surface area contributed by atoms with Gasteiger partial charge in [0.05, 0.1) is 10.5 Å². The molecule has 14 heavy (non-hydrogen) atoms. The van der Waals surface area contributed by atoms with Crippen molar-refractivity contribution >= 4 is 17.3 Å². The first-order valence-electron chi connectivity index (χ1n) is 3.73. The molecule has 6 heteroatoms. The molecule has 0 atom stereocenters.